The van der Waals surface area contributed by atoms with Gasteiger partial charge in [-0.25, -0.2) is 4.79 Å². The molecule has 152 valence electrons. The zero-order chi connectivity index (χ0) is 20.2. The molecule has 2 rings (SSSR count). The lowest BCUT2D eigenvalue weighted by Gasteiger charge is -2.28. The molecule has 0 heterocycles. The maximum atomic E-state index is 12.5. The quantitative estimate of drug-likeness (QED) is 0.546. The molecule has 2 aromatic rings. The minimum Gasteiger partial charge on any atom is -0.491 e. The van der Waals surface area contributed by atoms with E-state index in [1.54, 1.807) is 48.5 Å². The number of nitrogens with one attached hydrogen (secondary N) is 1. The second-order valence-corrected chi connectivity index (χ2v) is 5.93. The summed E-state index contributed by atoms with van der Waals surface area (Å²) in [5.74, 6) is 0.483. The predicted octanol–water partition coefficient (Wildman–Crippen LogP) is 3.14. The van der Waals surface area contributed by atoms with E-state index in [-0.39, 0.29) is 26.2 Å². The van der Waals surface area contributed by atoms with E-state index in [4.69, 9.17) is 19.3 Å². The number of carbonyl (C=O) groups is 1. The van der Waals surface area contributed by atoms with Crippen molar-refractivity contribution in [2.45, 2.75) is 25.6 Å². The topological polar surface area (TPSA) is 97.2 Å². The van der Waals surface area contributed by atoms with E-state index in [1.807, 2.05) is 13.0 Å². The van der Waals surface area contributed by atoms with Crippen LogP contribution in [0.1, 0.15) is 25.0 Å². The molecule has 0 fully saturated rings. The Morgan fingerprint density at radius 3 is 2.43 bits per heavy atom. The fraction of sp³-hybridized carbons (Fsp3) is 0.381. The number of para-hydroxylation sites is 2. The summed E-state index contributed by atoms with van der Waals surface area (Å²) in [4.78, 5) is 12.5. The fourth-order valence-corrected chi connectivity index (χ4v) is 2.79. The Balaban J connectivity index is 2.27. The number of ether oxygens (including phenoxy) is 3. The second kappa shape index (κ2) is 12.0. The van der Waals surface area contributed by atoms with Crippen molar-refractivity contribution < 1.29 is 29.2 Å². The summed E-state index contributed by atoms with van der Waals surface area (Å²) < 4.78 is 17.0. The molecule has 0 aromatic heterocycles. The number of amides is 1. The molecular formula is C21H27NO6. The first-order chi connectivity index (χ1) is 13.7. The van der Waals surface area contributed by atoms with Crippen LogP contribution in [0.4, 0.5) is 10.5 Å². The van der Waals surface area contributed by atoms with Crippen LogP contribution in [0.2, 0.25) is 0 Å². The van der Waals surface area contributed by atoms with E-state index >= 15 is 0 Å². The second-order valence-electron chi connectivity index (χ2n) is 5.93. The normalized spacial score (nSPS) is 12.8. The van der Waals surface area contributed by atoms with Gasteiger partial charge in [-0.05, 0) is 25.1 Å². The van der Waals surface area contributed by atoms with Crippen molar-refractivity contribution in [1.29, 1.82) is 0 Å². The molecule has 1 amide bonds. The molecule has 0 unspecified atom stereocenters. The van der Waals surface area contributed by atoms with Crippen LogP contribution in [-0.4, -0.2) is 48.8 Å². The average Bonchev–Trinajstić information content (AvgIpc) is 2.71. The third-order valence-electron chi connectivity index (χ3n) is 3.96. The zero-order valence-electron chi connectivity index (χ0n) is 15.9. The van der Waals surface area contributed by atoms with Crippen molar-refractivity contribution in [2.24, 2.45) is 0 Å². The number of aliphatic hydroxyl groups is 2. The first kappa shape index (κ1) is 21.7. The van der Waals surface area contributed by atoms with Crippen molar-refractivity contribution in [3.63, 3.8) is 0 Å². The van der Waals surface area contributed by atoms with E-state index in [1.165, 1.54) is 0 Å². The van der Waals surface area contributed by atoms with Crippen molar-refractivity contribution in [2.75, 3.05) is 31.7 Å². The van der Waals surface area contributed by atoms with Gasteiger partial charge in [0.1, 0.15) is 18.5 Å². The fourth-order valence-electron chi connectivity index (χ4n) is 2.79. The third kappa shape index (κ3) is 6.53. The molecule has 0 aliphatic rings. The Morgan fingerprint density at radius 1 is 1.04 bits per heavy atom. The monoisotopic (exact) mass is 389 g/mol. The molecule has 7 heteroatoms. The number of anilines is 1. The molecule has 7 nitrogen and oxygen atoms in total. The average molecular weight is 389 g/mol. The molecule has 28 heavy (non-hydrogen) atoms. The summed E-state index contributed by atoms with van der Waals surface area (Å²) in [7, 11) is 0. The van der Waals surface area contributed by atoms with E-state index in [2.05, 4.69) is 5.32 Å². The van der Waals surface area contributed by atoms with Crippen LogP contribution in [-0.2, 0) is 9.47 Å². The lowest BCUT2D eigenvalue weighted by atomic mass is 10.0. The standard InChI is InChI=1S/C21H27NO6/c1-2-26-19(12-13-23)20(17-10-6-7-11-18(17)27-15-14-24)28-21(25)22-16-8-4-3-5-9-16/h3-11,19-20,23-24H,2,12-15H2,1H3,(H,22,25)/t19-,20-/m0/s1. The zero-order valence-corrected chi connectivity index (χ0v) is 15.9. The van der Waals surface area contributed by atoms with Gasteiger partial charge in [-0.3, -0.25) is 5.32 Å². The molecule has 0 aliphatic carbocycles. The largest absolute Gasteiger partial charge is 0.491 e. The lowest BCUT2D eigenvalue weighted by Crippen LogP contribution is -2.30. The first-order valence-corrected chi connectivity index (χ1v) is 9.27. The van der Waals surface area contributed by atoms with Crippen molar-refractivity contribution in [1.82, 2.24) is 0 Å². The maximum Gasteiger partial charge on any atom is 0.412 e. The number of carbonyl (C=O) groups excluding carboxylic acids is 1. The van der Waals surface area contributed by atoms with Gasteiger partial charge in [0, 0.05) is 30.9 Å². The van der Waals surface area contributed by atoms with Crippen molar-refractivity contribution in [3.8, 4) is 5.75 Å². The minimum absolute atomic E-state index is 0.110. The van der Waals surface area contributed by atoms with Crippen LogP contribution in [0, 0.1) is 0 Å². The van der Waals surface area contributed by atoms with Gasteiger partial charge in [-0.2, -0.15) is 0 Å². The Labute approximate surface area is 164 Å². The molecule has 2 aromatic carbocycles. The summed E-state index contributed by atoms with van der Waals surface area (Å²) in [6, 6.07) is 16.1. The maximum absolute atomic E-state index is 12.5. The molecule has 2 atom stereocenters. The van der Waals surface area contributed by atoms with Crippen molar-refractivity contribution >= 4 is 11.8 Å². The van der Waals surface area contributed by atoms with E-state index in [9.17, 15) is 9.90 Å². The first-order valence-electron chi connectivity index (χ1n) is 9.27. The van der Waals surface area contributed by atoms with Gasteiger partial charge in [0.2, 0.25) is 0 Å². The van der Waals surface area contributed by atoms with Crippen LogP contribution >= 0.6 is 0 Å². The molecular weight excluding hydrogens is 362 g/mol. The van der Waals surface area contributed by atoms with E-state index < -0.39 is 18.3 Å². The van der Waals surface area contributed by atoms with Crippen LogP contribution in [0.3, 0.4) is 0 Å². The van der Waals surface area contributed by atoms with E-state index in [0.717, 1.165) is 0 Å². The summed E-state index contributed by atoms with van der Waals surface area (Å²) in [5.41, 5.74) is 1.21. The van der Waals surface area contributed by atoms with E-state index in [0.29, 0.717) is 23.6 Å². The SMILES string of the molecule is CCO[C@@H](CCO)[C@@H](OC(=O)Nc1ccccc1)c1ccccc1OCCO. The van der Waals surface area contributed by atoms with Gasteiger partial charge in [0.15, 0.2) is 6.10 Å². The van der Waals surface area contributed by atoms with Gasteiger partial charge in [0.05, 0.1) is 6.61 Å². The molecule has 3 N–H and O–H groups in total. The van der Waals surface area contributed by atoms with Crippen LogP contribution in [0.25, 0.3) is 0 Å². The Bertz CT molecular complexity index is 703. The molecule has 0 radical (unpaired) electrons. The summed E-state index contributed by atoms with van der Waals surface area (Å²) in [6.07, 6.45) is -1.72. The predicted molar refractivity (Wildman–Crippen MR) is 105 cm³/mol. The molecule has 0 saturated heterocycles. The Kier molecular flexibility index (Phi) is 9.27. The number of hydrogen-bond acceptors (Lipinski definition) is 6. The van der Waals surface area contributed by atoms with Crippen LogP contribution in [0.5, 0.6) is 5.75 Å². The van der Waals surface area contributed by atoms with Gasteiger partial charge in [-0.1, -0.05) is 36.4 Å². The molecule has 0 spiro atoms. The highest BCUT2D eigenvalue weighted by Crippen LogP contribution is 2.33. The summed E-state index contributed by atoms with van der Waals surface area (Å²) >= 11 is 0. The highest BCUT2D eigenvalue weighted by molar-refractivity contribution is 5.84. The summed E-state index contributed by atoms with van der Waals surface area (Å²) in [6.45, 7) is 2.08. The highest BCUT2D eigenvalue weighted by atomic mass is 16.6. The molecule has 0 saturated carbocycles. The Morgan fingerprint density at radius 2 is 1.75 bits per heavy atom. The summed E-state index contributed by atoms with van der Waals surface area (Å²) in [5, 5.41) is 21.2. The smallest absolute Gasteiger partial charge is 0.412 e. The molecule has 0 aliphatic heterocycles. The lowest BCUT2D eigenvalue weighted by molar-refractivity contribution is -0.0493. The number of hydrogen-bond donors (Lipinski definition) is 3. The number of aliphatic hydroxyl groups excluding tert-OH is 2. The van der Waals surface area contributed by atoms with Gasteiger partial charge < -0.3 is 24.4 Å². The Hall–Kier alpha value is -2.61. The number of rotatable bonds is 11. The van der Waals surface area contributed by atoms with Crippen LogP contribution < -0.4 is 10.1 Å². The van der Waals surface area contributed by atoms with Gasteiger partial charge in [-0.15, -0.1) is 0 Å². The van der Waals surface area contributed by atoms with Gasteiger partial charge in [0.25, 0.3) is 0 Å². The third-order valence-corrected chi connectivity index (χ3v) is 3.96. The highest BCUT2D eigenvalue weighted by Gasteiger charge is 2.30. The minimum atomic E-state index is -0.800. The molecule has 0 bridgehead atoms. The number of benzene rings is 2. The van der Waals surface area contributed by atoms with Crippen LogP contribution in [0.15, 0.2) is 54.6 Å². The van der Waals surface area contributed by atoms with Crippen molar-refractivity contribution in [3.05, 3.63) is 60.2 Å². The van der Waals surface area contributed by atoms with Gasteiger partial charge >= 0.3 is 6.09 Å².